The largest absolute Gasteiger partial charge is 0.496 e. The Labute approximate surface area is 162 Å². The predicted molar refractivity (Wildman–Crippen MR) is 101 cm³/mol. The smallest absolute Gasteiger partial charge is 0.305 e. The minimum atomic E-state index is -1.38. The fraction of sp³-hybridized carbons (Fsp3) is 0.300. The van der Waals surface area contributed by atoms with E-state index in [1.54, 1.807) is 25.3 Å². The molecule has 0 aromatic heterocycles. The van der Waals surface area contributed by atoms with Crippen LogP contribution in [-0.2, 0) is 25.5 Å². The lowest BCUT2D eigenvalue weighted by Crippen LogP contribution is -2.33. The number of carbonyl (C=O) groups is 2. The molecule has 2 aromatic carbocycles. The minimum Gasteiger partial charge on any atom is -0.496 e. The van der Waals surface area contributed by atoms with Crippen molar-refractivity contribution in [3.8, 4) is 5.75 Å². The number of esters is 1. The molecule has 2 atom stereocenters. The van der Waals surface area contributed by atoms with Crippen molar-refractivity contribution in [3.63, 3.8) is 0 Å². The highest BCUT2D eigenvalue weighted by Crippen LogP contribution is 2.40. The third kappa shape index (κ3) is 3.91. The van der Waals surface area contributed by atoms with Crippen molar-refractivity contribution in [2.45, 2.75) is 32.7 Å². The van der Waals surface area contributed by atoms with Crippen LogP contribution in [0.15, 0.2) is 36.4 Å². The normalized spacial score (nSPS) is 18.9. The van der Waals surface area contributed by atoms with Crippen molar-refractivity contribution in [2.24, 2.45) is 0 Å². The van der Waals surface area contributed by atoms with Crippen LogP contribution in [-0.4, -0.2) is 25.3 Å². The molecule has 3 rings (SSSR count). The minimum absolute atomic E-state index is 0.503. The first-order valence-corrected chi connectivity index (χ1v) is 8.91. The maximum absolute atomic E-state index is 12.5. The van der Waals surface area contributed by atoms with Gasteiger partial charge in [-0.1, -0.05) is 30.7 Å². The summed E-state index contributed by atoms with van der Waals surface area (Å²) in [6, 6.07) is 10.7. The molecule has 6 nitrogen and oxygen atoms in total. The van der Waals surface area contributed by atoms with E-state index in [2.05, 4.69) is 5.32 Å². The van der Waals surface area contributed by atoms with Gasteiger partial charge in [0.05, 0.1) is 7.11 Å². The number of fused-ring (bicyclic) bond motifs is 1. The Morgan fingerprint density at radius 3 is 2.70 bits per heavy atom. The maximum Gasteiger partial charge on any atom is 0.305 e. The van der Waals surface area contributed by atoms with Gasteiger partial charge in [-0.15, -0.1) is 0 Å². The highest BCUT2D eigenvalue weighted by atomic mass is 35.5. The maximum atomic E-state index is 12.5. The van der Waals surface area contributed by atoms with Crippen molar-refractivity contribution < 1.29 is 23.8 Å². The molecule has 0 spiro atoms. The molecule has 0 fully saturated rings. The van der Waals surface area contributed by atoms with Gasteiger partial charge in [-0.3, -0.25) is 9.59 Å². The van der Waals surface area contributed by atoms with Crippen LogP contribution < -0.4 is 10.1 Å². The molecule has 7 heteroatoms. The number of carbonyl (C=O) groups excluding carboxylic acids is 2. The number of rotatable bonds is 4. The second-order valence-electron chi connectivity index (χ2n) is 6.06. The first-order chi connectivity index (χ1) is 12.9. The van der Waals surface area contributed by atoms with Crippen LogP contribution in [0.4, 0.5) is 5.69 Å². The zero-order valence-electron chi connectivity index (χ0n) is 15.2. The second kappa shape index (κ2) is 7.98. The van der Waals surface area contributed by atoms with Gasteiger partial charge in [-0.05, 0) is 41.8 Å². The fourth-order valence-corrected chi connectivity index (χ4v) is 3.37. The summed E-state index contributed by atoms with van der Waals surface area (Å²) in [6.45, 7) is 3.23. The van der Waals surface area contributed by atoms with Gasteiger partial charge in [0.2, 0.25) is 0 Å². The molecule has 0 unspecified atom stereocenters. The molecule has 0 aliphatic carbocycles. The van der Waals surface area contributed by atoms with Gasteiger partial charge < -0.3 is 19.5 Å². The molecule has 0 saturated heterocycles. The first-order valence-electron chi connectivity index (χ1n) is 8.53. The van der Waals surface area contributed by atoms with E-state index in [0.717, 1.165) is 16.9 Å². The van der Waals surface area contributed by atoms with E-state index in [4.69, 9.17) is 25.8 Å². The standard InChI is InChI=1S/C20H20ClNO5/c1-4-13-14(6-5-7-17(13)25-3)18-15-10-12(21)8-9-16(15)22-19(24)20(27-18)26-11(2)23/h5-10,18,20H,4H2,1-3H3,(H,22,24)/t18-,20+/m0/s1. The van der Waals surface area contributed by atoms with E-state index in [9.17, 15) is 9.59 Å². The number of hydrogen-bond acceptors (Lipinski definition) is 5. The SMILES string of the molecule is CCc1c(OC)cccc1[C@@H]1O[C@@H](OC(C)=O)C(=O)Nc2ccc(Cl)cc21. The van der Waals surface area contributed by atoms with Gasteiger partial charge in [-0.25, -0.2) is 0 Å². The number of hydrogen-bond donors (Lipinski definition) is 1. The third-order valence-electron chi connectivity index (χ3n) is 4.33. The number of amides is 1. The highest BCUT2D eigenvalue weighted by molar-refractivity contribution is 6.30. The Bertz CT molecular complexity index is 883. The highest BCUT2D eigenvalue weighted by Gasteiger charge is 2.35. The number of nitrogens with one attached hydrogen (secondary N) is 1. The quantitative estimate of drug-likeness (QED) is 0.804. The Kier molecular flexibility index (Phi) is 5.68. The average Bonchev–Trinajstić information content (AvgIpc) is 2.77. The van der Waals surface area contributed by atoms with E-state index in [1.165, 1.54) is 6.92 Å². The number of halogens is 1. The zero-order valence-corrected chi connectivity index (χ0v) is 16.0. The Morgan fingerprint density at radius 2 is 2.04 bits per heavy atom. The number of benzene rings is 2. The molecule has 1 aliphatic heterocycles. The molecule has 27 heavy (non-hydrogen) atoms. The van der Waals surface area contributed by atoms with Crippen LogP contribution in [0.5, 0.6) is 5.75 Å². The fourth-order valence-electron chi connectivity index (χ4n) is 3.19. The molecule has 142 valence electrons. The first kappa shape index (κ1) is 19.2. The Morgan fingerprint density at radius 1 is 1.26 bits per heavy atom. The number of anilines is 1. The van der Waals surface area contributed by atoms with Crippen LogP contribution in [0.2, 0.25) is 5.02 Å². The molecule has 0 radical (unpaired) electrons. The summed E-state index contributed by atoms with van der Waals surface area (Å²) in [5.41, 5.74) is 2.98. The van der Waals surface area contributed by atoms with E-state index in [1.807, 2.05) is 25.1 Å². The third-order valence-corrected chi connectivity index (χ3v) is 4.56. The van der Waals surface area contributed by atoms with Gasteiger partial charge in [-0.2, -0.15) is 0 Å². The van der Waals surface area contributed by atoms with E-state index in [0.29, 0.717) is 22.7 Å². The zero-order chi connectivity index (χ0) is 19.6. The van der Waals surface area contributed by atoms with Gasteiger partial charge in [0.15, 0.2) is 0 Å². The van der Waals surface area contributed by atoms with Gasteiger partial charge in [0.25, 0.3) is 12.2 Å². The van der Waals surface area contributed by atoms with Crippen LogP contribution in [0.1, 0.15) is 36.6 Å². The Balaban J connectivity index is 2.18. The van der Waals surface area contributed by atoms with E-state index < -0.39 is 24.3 Å². The van der Waals surface area contributed by atoms with E-state index >= 15 is 0 Å². The lowest BCUT2D eigenvalue weighted by Gasteiger charge is -2.24. The average molecular weight is 390 g/mol. The number of methoxy groups -OCH3 is 1. The molecule has 1 amide bonds. The monoisotopic (exact) mass is 389 g/mol. The van der Waals surface area contributed by atoms with Crippen molar-refractivity contribution >= 4 is 29.2 Å². The molecule has 1 N–H and O–H groups in total. The summed E-state index contributed by atoms with van der Waals surface area (Å²) in [7, 11) is 1.60. The van der Waals surface area contributed by atoms with E-state index in [-0.39, 0.29) is 0 Å². The lowest BCUT2D eigenvalue weighted by atomic mass is 9.93. The molecule has 2 aromatic rings. The van der Waals surface area contributed by atoms with Crippen molar-refractivity contribution in [2.75, 3.05) is 12.4 Å². The van der Waals surface area contributed by atoms with Crippen molar-refractivity contribution in [3.05, 3.63) is 58.1 Å². The number of ether oxygens (including phenoxy) is 3. The summed E-state index contributed by atoms with van der Waals surface area (Å²) < 4.78 is 16.5. The summed E-state index contributed by atoms with van der Waals surface area (Å²) in [5.74, 6) is -0.453. The molecule has 0 bridgehead atoms. The second-order valence-corrected chi connectivity index (χ2v) is 6.50. The van der Waals surface area contributed by atoms with Gasteiger partial charge >= 0.3 is 5.97 Å². The van der Waals surface area contributed by atoms with Crippen molar-refractivity contribution in [1.82, 2.24) is 0 Å². The summed E-state index contributed by atoms with van der Waals surface area (Å²) in [6.07, 6.45) is -1.36. The lowest BCUT2D eigenvalue weighted by molar-refractivity contribution is -0.187. The predicted octanol–water partition coefficient (Wildman–Crippen LogP) is 3.86. The summed E-state index contributed by atoms with van der Waals surface area (Å²) in [4.78, 5) is 23.9. The molecule has 0 saturated carbocycles. The van der Waals surface area contributed by atoms with Crippen LogP contribution in [0.25, 0.3) is 0 Å². The van der Waals surface area contributed by atoms with Crippen molar-refractivity contribution in [1.29, 1.82) is 0 Å². The summed E-state index contributed by atoms with van der Waals surface area (Å²) in [5, 5.41) is 3.24. The summed E-state index contributed by atoms with van der Waals surface area (Å²) >= 11 is 6.19. The molecular weight excluding hydrogens is 370 g/mol. The molecule has 1 heterocycles. The molecule has 1 aliphatic rings. The topological polar surface area (TPSA) is 73.9 Å². The van der Waals surface area contributed by atoms with Gasteiger partial charge in [0.1, 0.15) is 11.9 Å². The molecular formula is C20H20ClNO5. The van der Waals surface area contributed by atoms with Crippen LogP contribution >= 0.6 is 11.6 Å². The van der Waals surface area contributed by atoms with Crippen LogP contribution in [0, 0.1) is 0 Å². The van der Waals surface area contributed by atoms with Gasteiger partial charge in [0, 0.05) is 23.2 Å². The van der Waals surface area contributed by atoms with Crippen LogP contribution in [0.3, 0.4) is 0 Å². The Hall–Kier alpha value is -2.57.